The van der Waals surface area contributed by atoms with Crippen molar-refractivity contribution in [3.63, 3.8) is 0 Å². The Morgan fingerprint density at radius 3 is 2.70 bits per heavy atom. The van der Waals surface area contributed by atoms with Gasteiger partial charge >= 0.3 is 6.36 Å². The molecule has 6 rings (SSSR count). The number of ether oxygens (including phenoxy) is 4. The molecule has 4 heterocycles. The Hall–Kier alpha value is -4.79. The Kier molecular flexibility index (Phi) is 9.52. The number of hydrogen-bond acceptors (Lipinski definition) is 10. The van der Waals surface area contributed by atoms with E-state index in [1.807, 2.05) is 0 Å². The Bertz CT molecular complexity index is 1860. The van der Waals surface area contributed by atoms with Crippen molar-refractivity contribution in [3.8, 4) is 34.0 Å². The van der Waals surface area contributed by atoms with Gasteiger partial charge in [-0.25, -0.2) is 4.68 Å². The molecule has 0 amide bonds. The molecule has 2 aromatic carbocycles. The van der Waals surface area contributed by atoms with Crippen LogP contribution in [-0.4, -0.2) is 57.3 Å². The third-order valence-electron chi connectivity index (χ3n) is 7.35. The smallest absolute Gasteiger partial charge is 0.496 e. The van der Waals surface area contributed by atoms with Crippen LogP contribution in [0.1, 0.15) is 46.6 Å². The van der Waals surface area contributed by atoms with Gasteiger partial charge in [-0.05, 0) is 55.7 Å². The zero-order valence-corrected chi connectivity index (χ0v) is 25.6. The maximum absolute atomic E-state index is 14.5. The molecule has 1 saturated heterocycles. The number of hydrogen-bond donors (Lipinski definition) is 0. The number of nitrogens with zero attached hydrogens (tertiary/aromatic N) is 5. The maximum atomic E-state index is 14.5. The highest BCUT2D eigenvalue weighted by Crippen LogP contribution is 2.36. The molecule has 47 heavy (non-hydrogen) atoms. The minimum atomic E-state index is -4.90. The molecule has 3 aromatic heterocycles. The van der Waals surface area contributed by atoms with Crippen LogP contribution in [0, 0.1) is 0 Å². The molecule has 1 atom stereocenters. The van der Waals surface area contributed by atoms with Gasteiger partial charge in [-0.2, -0.15) is 0 Å². The Labute approximate surface area is 271 Å². The molecular weight excluding hydrogens is 643 g/mol. The van der Waals surface area contributed by atoms with Crippen LogP contribution in [0.15, 0.2) is 71.5 Å². The lowest BCUT2D eigenvalue weighted by Crippen LogP contribution is -2.22. The fourth-order valence-electron chi connectivity index (χ4n) is 5.23. The lowest BCUT2D eigenvalue weighted by molar-refractivity contribution is -0.274. The largest absolute Gasteiger partial charge is 0.573 e. The van der Waals surface area contributed by atoms with Gasteiger partial charge in [0, 0.05) is 35.7 Å². The number of aromatic nitrogens is 5. The van der Waals surface area contributed by atoms with E-state index in [9.17, 15) is 18.0 Å². The first kappa shape index (κ1) is 32.2. The van der Waals surface area contributed by atoms with Crippen molar-refractivity contribution in [2.45, 2.75) is 45.1 Å². The van der Waals surface area contributed by atoms with Gasteiger partial charge in [-0.15, -0.1) is 18.3 Å². The molecule has 0 radical (unpaired) electrons. The minimum absolute atomic E-state index is 0.0595. The Morgan fingerprint density at radius 1 is 1.13 bits per heavy atom. The summed E-state index contributed by atoms with van der Waals surface area (Å²) in [5, 5.41) is 13.0. The normalized spacial score (nSPS) is 15.0. The summed E-state index contributed by atoms with van der Waals surface area (Å²) in [6.07, 6.45) is 0.249. The molecule has 0 aliphatic carbocycles. The molecule has 15 heteroatoms. The van der Waals surface area contributed by atoms with Crippen LogP contribution in [-0.2, 0) is 22.6 Å². The average Bonchev–Trinajstić information content (AvgIpc) is 3.68. The van der Waals surface area contributed by atoms with Crippen LogP contribution in [0.25, 0.3) is 22.5 Å². The second-order valence-corrected chi connectivity index (χ2v) is 10.9. The maximum Gasteiger partial charge on any atom is 0.573 e. The van der Waals surface area contributed by atoms with Crippen LogP contribution < -0.4 is 9.47 Å². The molecular formula is C32H27ClF3N5O6. The summed E-state index contributed by atoms with van der Waals surface area (Å²) < 4.78 is 67.2. The summed E-state index contributed by atoms with van der Waals surface area (Å²) in [5.41, 5.74) is 1.58. The van der Waals surface area contributed by atoms with Crippen LogP contribution >= 0.6 is 11.6 Å². The van der Waals surface area contributed by atoms with E-state index in [4.69, 9.17) is 30.3 Å². The third-order valence-corrected chi connectivity index (χ3v) is 7.68. The number of ketones is 1. The van der Waals surface area contributed by atoms with Gasteiger partial charge in [-0.1, -0.05) is 40.2 Å². The number of rotatable bonds is 11. The van der Waals surface area contributed by atoms with E-state index in [2.05, 4.69) is 25.2 Å². The topological polar surface area (TPSA) is 124 Å². The van der Waals surface area contributed by atoms with E-state index in [1.165, 1.54) is 30.1 Å². The minimum Gasteiger partial charge on any atom is -0.496 e. The van der Waals surface area contributed by atoms with Crippen LogP contribution in [0.3, 0.4) is 0 Å². The van der Waals surface area contributed by atoms with Crippen molar-refractivity contribution in [2.24, 2.45) is 0 Å². The van der Waals surface area contributed by atoms with Crippen LogP contribution in [0.2, 0.25) is 5.02 Å². The number of carbonyl (C=O) groups is 1. The molecule has 1 fully saturated rings. The predicted molar refractivity (Wildman–Crippen MR) is 161 cm³/mol. The highest BCUT2D eigenvalue weighted by atomic mass is 35.5. The van der Waals surface area contributed by atoms with Crippen molar-refractivity contribution < 1.29 is 41.4 Å². The van der Waals surface area contributed by atoms with Crippen molar-refractivity contribution in [1.82, 2.24) is 25.1 Å². The fourth-order valence-corrected chi connectivity index (χ4v) is 5.45. The first-order valence-electron chi connectivity index (χ1n) is 14.5. The van der Waals surface area contributed by atoms with Gasteiger partial charge in [0.25, 0.3) is 0 Å². The lowest BCUT2D eigenvalue weighted by Gasteiger charge is -2.22. The first-order chi connectivity index (χ1) is 22.7. The monoisotopic (exact) mass is 669 g/mol. The standard InChI is InChI=1S/C32H27ClF3N5O6/c1-43-24-12-11-21(46-32(34,35)36)15-20(24)17-41-30(19-7-6-13-37-16-19)29(38-40-41)31(42)27-25(18-45-26-10-4-5-14-44-26)47-39-28(27)22-8-2-3-9-23(22)33/h2-3,6-9,11-13,15-16,26H,4-5,10,14,17-18H2,1H3. The zero-order valence-electron chi connectivity index (χ0n) is 24.9. The SMILES string of the molecule is COc1ccc(OC(F)(F)F)cc1Cn1nnc(C(=O)c2c(-c3ccccc3Cl)noc2COC2CCCCO2)c1-c1cccnc1. The van der Waals surface area contributed by atoms with Gasteiger partial charge in [-0.3, -0.25) is 9.78 Å². The summed E-state index contributed by atoms with van der Waals surface area (Å²) in [6, 6.07) is 13.9. The van der Waals surface area contributed by atoms with Crippen molar-refractivity contribution in [3.05, 3.63) is 94.6 Å². The second kappa shape index (κ2) is 13.9. The zero-order chi connectivity index (χ0) is 33.0. The molecule has 0 saturated carbocycles. The van der Waals surface area contributed by atoms with E-state index < -0.39 is 24.2 Å². The van der Waals surface area contributed by atoms with Crippen LogP contribution in [0.5, 0.6) is 11.5 Å². The van der Waals surface area contributed by atoms with E-state index in [-0.39, 0.29) is 52.9 Å². The Balaban J connectivity index is 1.44. The predicted octanol–water partition coefficient (Wildman–Crippen LogP) is 6.88. The highest BCUT2D eigenvalue weighted by molar-refractivity contribution is 6.33. The number of halogens is 4. The van der Waals surface area contributed by atoms with Gasteiger partial charge in [0.05, 0.1) is 24.2 Å². The second-order valence-electron chi connectivity index (χ2n) is 10.5. The summed E-state index contributed by atoms with van der Waals surface area (Å²) in [7, 11) is 1.38. The molecule has 0 N–H and O–H groups in total. The summed E-state index contributed by atoms with van der Waals surface area (Å²) >= 11 is 6.52. The molecule has 11 nitrogen and oxygen atoms in total. The van der Waals surface area contributed by atoms with Crippen molar-refractivity contribution in [1.29, 1.82) is 0 Å². The number of pyridine rings is 1. The number of benzene rings is 2. The van der Waals surface area contributed by atoms with E-state index in [0.29, 0.717) is 29.2 Å². The van der Waals surface area contributed by atoms with E-state index in [1.54, 1.807) is 42.6 Å². The van der Waals surface area contributed by atoms with Gasteiger partial charge in [0.1, 0.15) is 29.5 Å². The van der Waals surface area contributed by atoms with Crippen molar-refractivity contribution >= 4 is 17.4 Å². The van der Waals surface area contributed by atoms with E-state index >= 15 is 0 Å². The van der Waals surface area contributed by atoms with Gasteiger partial charge in [0.2, 0.25) is 5.78 Å². The quantitative estimate of drug-likeness (QED) is 0.138. The third kappa shape index (κ3) is 7.29. The Morgan fingerprint density at radius 2 is 1.98 bits per heavy atom. The first-order valence-corrected chi connectivity index (χ1v) is 14.9. The molecule has 0 bridgehead atoms. The van der Waals surface area contributed by atoms with Crippen molar-refractivity contribution in [2.75, 3.05) is 13.7 Å². The molecule has 1 unspecified atom stereocenters. The summed E-state index contributed by atoms with van der Waals surface area (Å²) in [6.45, 7) is 0.298. The molecule has 5 aromatic rings. The van der Waals surface area contributed by atoms with Crippen LogP contribution in [0.4, 0.5) is 13.2 Å². The summed E-state index contributed by atoms with van der Waals surface area (Å²) in [5.74, 6) is -0.655. The van der Waals surface area contributed by atoms with Gasteiger partial charge in [0.15, 0.2) is 17.7 Å². The number of carbonyl (C=O) groups excluding carboxylic acids is 1. The molecule has 1 aliphatic heterocycles. The number of alkyl halides is 3. The molecule has 1 aliphatic rings. The molecule has 0 spiro atoms. The summed E-state index contributed by atoms with van der Waals surface area (Å²) in [4.78, 5) is 18.7. The van der Waals surface area contributed by atoms with Gasteiger partial charge < -0.3 is 23.5 Å². The number of methoxy groups -OCH3 is 1. The fraction of sp³-hybridized carbons (Fsp3) is 0.281. The molecule has 244 valence electrons. The highest BCUT2D eigenvalue weighted by Gasteiger charge is 2.33. The lowest BCUT2D eigenvalue weighted by atomic mass is 9.98. The average molecular weight is 670 g/mol. The van der Waals surface area contributed by atoms with E-state index in [0.717, 1.165) is 18.9 Å².